The van der Waals surface area contributed by atoms with Crippen molar-refractivity contribution in [1.82, 2.24) is 0 Å². The lowest BCUT2D eigenvalue weighted by molar-refractivity contribution is -0.384. The van der Waals surface area contributed by atoms with Gasteiger partial charge < -0.3 is 14.8 Å². The second kappa shape index (κ2) is 8.06. The number of hydrogen-bond acceptors (Lipinski definition) is 6. The number of nitrogens with zero attached hydrogens (tertiary/aromatic N) is 1. The molecule has 0 aliphatic carbocycles. The molecule has 0 saturated carbocycles. The first kappa shape index (κ1) is 18.8. The number of methoxy groups -OCH3 is 1. The Morgan fingerprint density at radius 1 is 1.23 bits per heavy atom. The van der Waals surface area contributed by atoms with Crippen LogP contribution in [0.3, 0.4) is 0 Å². The number of esters is 1. The van der Waals surface area contributed by atoms with Gasteiger partial charge in [-0.25, -0.2) is 9.18 Å². The smallest absolute Gasteiger partial charge is 0.339 e. The molecule has 0 aliphatic heterocycles. The molecule has 0 heterocycles. The number of non-ortho nitro benzene ring substituents is 1. The number of nitro benzene ring substituents is 1. The van der Waals surface area contributed by atoms with E-state index in [1.54, 1.807) is 0 Å². The molecule has 1 N–H and O–H groups in total. The molecule has 26 heavy (non-hydrogen) atoms. The highest BCUT2D eigenvalue weighted by atomic mass is 19.1. The van der Waals surface area contributed by atoms with Crippen LogP contribution in [0.1, 0.15) is 17.3 Å². The van der Waals surface area contributed by atoms with E-state index >= 15 is 0 Å². The van der Waals surface area contributed by atoms with Crippen LogP contribution >= 0.6 is 0 Å². The second-order valence-electron chi connectivity index (χ2n) is 5.19. The summed E-state index contributed by atoms with van der Waals surface area (Å²) in [6.45, 7) is 1.34. The van der Waals surface area contributed by atoms with E-state index in [0.717, 1.165) is 12.1 Å². The van der Waals surface area contributed by atoms with E-state index in [1.807, 2.05) is 0 Å². The fourth-order valence-electron chi connectivity index (χ4n) is 2.03. The van der Waals surface area contributed by atoms with Crippen molar-refractivity contribution in [2.24, 2.45) is 0 Å². The fourth-order valence-corrected chi connectivity index (χ4v) is 2.03. The van der Waals surface area contributed by atoms with E-state index in [4.69, 9.17) is 9.47 Å². The van der Waals surface area contributed by atoms with Crippen molar-refractivity contribution in [2.45, 2.75) is 13.0 Å². The zero-order valence-corrected chi connectivity index (χ0v) is 13.9. The number of hydrogen-bond donors (Lipinski definition) is 1. The lowest BCUT2D eigenvalue weighted by Gasteiger charge is -2.15. The Morgan fingerprint density at radius 2 is 1.96 bits per heavy atom. The molecule has 2 aromatic carbocycles. The molecule has 2 rings (SSSR count). The first-order chi connectivity index (χ1) is 12.3. The van der Waals surface area contributed by atoms with Crippen LogP contribution in [0.2, 0.25) is 0 Å². The van der Waals surface area contributed by atoms with Crippen molar-refractivity contribution in [3.8, 4) is 5.75 Å². The molecule has 0 bridgehead atoms. The first-order valence-electron chi connectivity index (χ1n) is 7.41. The highest BCUT2D eigenvalue weighted by Crippen LogP contribution is 2.29. The molecule has 0 spiro atoms. The van der Waals surface area contributed by atoms with Gasteiger partial charge in [0, 0.05) is 6.07 Å². The van der Waals surface area contributed by atoms with E-state index in [-0.39, 0.29) is 22.7 Å². The van der Waals surface area contributed by atoms with E-state index in [1.165, 1.54) is 44.4 Å². The summed E-state index contributed by atoms with van der Waals surface area (Å²) in [5, 5.41) is 13.2. The van der Waals surface area contributed by atoms with Gasteiger partial charge in [0.05, 0.1) is 29.4 Å². The summed E-state index contributed by atoms with van der Waals surface area (Å²) >= 11 is 0. The molecule has 2 aromatic rings. The van der Waals surface area contributed by atoms with Gasteiger partial charge in [-0.05, 0) is 31.2 Å². The summed E-state index contributed by atoms with van der Waals surface area (Å²) in [4.78, 5) is 34.3. The summed E-state index contributed by atoms with van der Waals surface area (Å²) < 4.78 is 23.1. The van der Waals surface area contributed by atoms with Gasteiger partial charge in [-0.3, -0.25) is 14.9 Å². The van der Waals surface area contributed by atoms with Crippen molar-refractivity contribution in [3.05, 3.63) is 64.0 Å². The highest BCUT2D eigenvalue weighted by molar-refractivity contribution is 5.98. The van der Waals surface area contributed by atoms with Gasteiger partial charge in [0.1, 0.15) is 11.6 Å². The minimum absolute atomic E-state index is 0.0300. The van der Waals surface area contributed by atoms with E-state index in [0.29, 0.717) is 0 Å². The van der Waals surface area contributed by atoms with E-state index in [2.05, 4.69) is 5.32 Å². The van der Waals surface area contributed by atoms with Crippen LogP contribution in [0.25, 0.3) is 0 Å². The van der Waals surface area contributed by atoms with Crippen LogP contribution in [0, 0.1) is 15.9 Å². The lowest BCUT2D eigenvalue weighted by Crippen LogP contribution is -2.30. The highest BCUT2D eigenvalue weighted by Gasteiger charge is 2.21. The SMILES string of the molecule is COc1cc([N+](=O)[O-])ccc1NC(=O)[C@H](C)OC(=O)c1cccc(F)c1. The maximum absolute atomic E-state index is 13.1. The molecule has 8 nitrogen and oxygen atoms in total. The summed E-state index contributed by atoms with van der Waals surface area (Å²) in [6, 6.07) is 8.52. The van der Waals surface area contributed by atoms with Gasteiger partial charge in [-0.15, -0.1) is 0 Å². The van der Waals surface area contributed by atoms with Gasteiger partial charge in [0.2, 0.25) is 0 Å². The number of halogens is 1. The summed E-state index contributed by atoms with van der Waals surface area (Å²) in [5.41, 5.74) is -0.0558. The predicted molar refractivity (Wildman–Crippen MR) is 89.6 cm³/mol. The number of benzene rings is 2. The summed E-state index contributed by atoms with van der Waals surface area (Å²) in [5.74, 6) is -2.06. The van der Waals surface area contributed by atoms with Gasteiger partial charge >= 0.3 is 5.97 Å². The molecule has 0 aliphatic rings. The molecule has 0 unspecified atom stereocenters. The topological polar surface area (TPSA) is 108 Å². The van der Waals surface area contributed by atoms with Crippen LogP contribution < -0.4 is 10.1 Å². The maximum atomic E-state index is 13.1. The van der Waals surface area contributed by atoms with Gasteiger partial charge in [0.15, 0.2) is 6.10 Å². The molecular formula is C17H15FN2O6. The monoisotopic (exact) mass is 362 g/mol. The van der Waals surface area contributed by atoms with Crippen molar-refractivity contribution in [2.75, 3.05) is 12.4 Å². The molecule has 0 radical (unpaired) electrons. The molecule has 136 valence electrons. The third-order valence-corrected chi connectivity index (χ3v) is 3.37. The number of anilines is 1. The Bertz CT molecular complexity index is 855. The molecule has 1 amide bonds. The molecule has 0 saturated heterocycles. The third-order valence-electron chi connectivity index (χ3n) is 3.37. The normalized spacial score (nSPS) is 11.3. The van der Waals surface area contributed by atoms with Gasteiger partial charge in [0.25, 0.3) is 11.6 Å². The molecule has 1 atom stereocenters. The number of nitro groups is 1. The van der Waals surface area contributed by atoms with Crippen molar-refractivity contribution >= 4 is 23.3 Å². The zero-order valence-electron chi connectivity index (χ0n) is 13.9. The van der Waals surface area contributed by atoms with E-state index in [9.17, 15) is 24.1 Å². The van der Waals surface area contributed by atoms with Crippen molar-refractivity contribution in [1.29, 1.82) is 0 Å². The standard InChI is InChI=1S/C17H15FN2O6/c1-10(26-17(22)11-4-3-5-12(18)8-11)16(21)19-14-7-6-13(20(23)24)9-15(14)25-2/h3-10H,1-2H3,(H,19,21)/t10-/m0/s1. The number of rotatable bonds is 6. The Morgan fingerprint density at radius 3 is 2.58 bits per heavy atom. The maximum Gasteiger partial charge on any atom is 0.339 e. The van der Waals surface area contributed by atoms with Crippen LogP contribution in [-0.2, 0) is 9.53 Å². The average Bonchev–Trinajstić information content (AvgIpc) is 2.61. The van der Waals surface area contributed by atoms with Crippen LogP contribution in [0.15, 0.2) is 42.5 Å². The first-order valence-corrected chi connectivity index (χ1v) is 7.41. The molecule has 0 fully saturated rings. The largest absolute Gasteiger partial charge is 0.494 e. The lowest BCUT2D eigenvalue weighted by atomic mass is 10.2. The molecular weight excluding hydrogens is 347 g/mol. The second-order valence-corrected chi connectivity index (χ2v) is 5.19. The predicted octanol–water partition coefficient (Wildman–Crippen LogP) is 2.93. The summed E-state index contributed by atoms with van der Waals surface area (Å²) in [7, 11) is 1.29. The van der Waals surface area contributed by atoms with Crippen molar-refractivity contribution in [3.63, 3.8) is 0 Å². The Balaban J connectivity index is 2.07. The number of carbonyl (C=O) groups excluding carboxylic acids is 2. The van der Waals surface area contributed by atoms with Gasteiger partial charge in [-0.2, -0.15) is 0 Å². The zero-order chi connectivity index (χ0) is 19.3. The quantitative estimate of drug-likeness (QED) is 0.481. The van der Waals surface area contributed by atoms with Crippen LogP contribution in [-0.4, -0.2) is 30.0 Å². The number of nitrogens with one attached hydrogen (secondary N) is 1. The van der Waals surface area contributed by atoms with E-state index < -0.39 is 28.7 Å². The minimum Gasteiger partial charge on any atom is -0.494 e. The van der Waals surface area contributed by atoms with Crippen LogP contribution in [0.4, 0.5) is 15.8 Å². The number of ether oxygens (including phenoxy) is 2. The third kappa shape index (κ3) is 4.53. The van der Waals surface area contributed by atoms with Crippen molar-refractivity contribution < 1.29 is 28.4 Å². The Labute approximate surface area is 147 Å². The van der Waals surface area contributed by atoms with Gasteiger partial charge in [-0.1, -0.05) is 6.07 Å². The average molecular weight is 362 g/mol. The Kier molecular flexibility index (Phi) is 5.84. The molecule has 0 aromatic heterocycles. The number of amides is 1. The van der Waals surface area contributed by atoms with Crippen LogP contribution in [0.5, 0.6) is 5.75 Å². The minimum atomic E-state index is -1.19. The fraction of sp³-hybridized carbons (Fsp3) is 0.176. The Hall–Kier alpha value is -3.49. The number of carbonyl (C=O) groups is 2. The molecule has 9 heteroatoms. The summed E-state index contributed by atoms with van der Waals surface area (Å²) in [6.07, 6.45) is -1.19.